The smallest absolute Gasteiger partial charge is 0.261 e. The number of hydrogen-bond donors (Lipinski definition) is 1. The highest BCUT2D eigenvalue weighted by molar-refractivity contribution is 6.21. The minimum atomic E-state index is -0.343. The van der Waals surface area contributed by atoms with Crippen LogP contribution in [0.5, 0.6) is 5.88 Å². The van der Waals surface area contributed by atoms with Crippen LogP contribution in [0.25, 0.3) is 0 Å². The van der Waals surface area contributed by atoms with Gasteiger partial charge in [-0.2, -0.15) is 0 Å². The third kappa shape index (κ3) is 2.64. The number of rotatable bonds is 3. The van der Waals surface area contributed by atoms with E-state index in [9.17, 15) is 9.59 Å². The molecule has 124 valence electrons. The monoisotopic (exact) mass is 345 g/mol. The number of carbonyl (C=O) groups excluding carboxylic acids is 2. The summed E-state index contributed by atoms with van der Waals surface area (Å²) in [6.07, 6.45) is 1.33. The molecule has 0 aliphatic carbocycles. The van der Waals surface area contributed by atoms with Crippen LogP contribution >= 0.6 is 12.4 Å². The first-order valence-corrected chi connectivity index (χ1v) is 7.51. The van der Waals surface area contributed by atoms with Gasteiger partial charge in [0.25, 0.3) is 11.8 Å². The molecule has 24 heavy (non-hydrogen) atoms. The molecule has 1 saturated heterocycles. The third-order valence-corrected chi connectivity index (χ3v) is 4.20. The molecule has 0 unspecified atom stereocenters. The summed E-state index contributed by atoms with van der Waals surface area (Å²) in [5.41, 5.74) is 0.918. The predicted molar refractivity (Wildman–Crippen MR) is 89.5 cm³/mol. The summed E-state index contributed by atoms with van der Waals surface area (Å²) in [7, 11) is 0. The average molecular weight is 346 g/mol. The van der Waals surface area contributed by atoms with Gasteiger partial charge in [0.15, 0.2) is 0 Å². The fourth-order valence-corrected chi connectivity index (χ4v) is 3.10. The van der Waals surface area contributed by atoms with Gasteiger partial charge in [0.1, 0.15) is 6.10 Å². The van der Waals surface area contributed by atoms with Crippen LogP contribution in [0.4, 0.5) is 0 Å². The van der Waals surface area contributed by atoms with Crippen LogP contribution in [0.15, 0.2) is 48.7 Å². The molecule has 0 bridgehead atoms. The first kappa shape index (κ1) is 16.4. The number of imide groups is 1. The summed E-state index contributed by atoms with van der Waals surface area (Å²) in [6, 6.07) is 12.0. The molecule has 0 saturated carbocycles. The molecule has 6 nitrogen and oxygen atoms in total. The van der Waals surface area contributed by atoms with E-state index >= 15 is 0 Å². The predicted octanol–water partition coefficient (Wildman–Crippen LogP) is 1.52. The number of aromatic nitrogens is 1. The zero-order valence-corrected chi connectivity index (χ0v) is 13.5. The van der Waals surface area contributed by atoms with Crippen molar-refractivity contribution in [3.63, 3.8) is 0 Å². The summed E-state index contributed by atoms with van der Waals surface area (Å²) in [5, 5.41) is 3.19. The van der Waals surface area contributed by atoms with Gasteiger partial charge in [-0.25, -0.2) is 4.98 Å². The number of ether oxygens (including phenoxy) is 1. The fourth-order valence-electron chi connectivity index (χ4n) is 3.10. The van der Waals surface area contributed by atoms with Gasteiger partial charge in [-0.3, -0.25) is 14.5 Å². The molecule has 2 aliphatic heterocycles. The van der Waals surface area contributed by atoms with Crippen molar-refractivity contribution in [3.05, 3.63) is 59.8 Å². The largest absolute Gasteiger partial charge is 0.471 e. The third-order valence-electron chi connectivity index (χ3n) is 4.20. The topological polar surface area (TPSA) is 71.5 Å². The maximum Gasteiger partial charge on any atom is 0.261 e. The van der Waals surface area contributed by atoms with Crippen LogP contribution < -0.4 is 10.1 Å². The highest BCUT2D eigenvalue weighted by Gasteiger charge is 2.45. The number of benzene rings is 1. The van der Waals surface area contributed by atoms with Gasteiger partial charge >= 0.3 is 0 Å². The van der Waals surface area contributed by atoms with Crippen LogP contribution in [0, 0.1) is 0 Å². The second-order valence-electron chi connectivity index (χ2n) is 5.58. The van der Waals surface area contributed by atoms with Crippen LogP contribution in [-0.4, -0.2) is 46.9 Å². The minimum Gasteiger partial charge on any atom is -0.471 e. The molecule has 7 heteroatoms. The van der Waals surface area contributed by atoms with E-state index in [1.807, 2.05) is 6.07 Å². The number of nitrogens with zero attached hydrogens (tertiary/aromatic N) is 2. The Hall–Kier alpha value is -2.44. The lowest BCUT2D eigenvalue weighted by atomic mass is 10.1. The number of halogens is 1. The summed E-state index contributed by atoms with van der Waals surface area (Å²) in [5.74, 6) is -0.0225. The normalized spacial score (nSPS) is 22.2. The molecule has 2 aromatic rings. The Bertz CT molecular complexity index is 734. The van der Waals surface area contributed by atoms with E-state index in [4.69, 9.17) is 4.74 Å². The lowest BCUT2D eigenvalue weighted by molar-refractivity contribution is 0.0480. The van der Waals surface area contributed by atoms with E-state index in [0.717, 1.165) is 0 Å². The molecule has 4 rings (SSSR count). The molecule has 2 atom stereocenters. The summed E-state index contributed by atoms with van der Waals surface area (Å²) < 4.78 is 5.88. The maximum absolute atomic E-state index is 12.6. The van der Waals surface area contributed by atoms with E-state index in [2.05, 4.69) is 10.3 Å². The Kier molecular flexibility index (Phi) is 4.51. The van der Waals surface area contributed by atoms with Crippen molar-refractivity contribution in [2.24, 2.45) is 0 Å². The molecular weight excluding hydrogens is 330 g/mol. The Balaban J connectivity index is 0.00000169. The number of amides is 2. The molecule has 0 spiro atoms. The molecule has 2 amide bonds. The first-order chi connectivity index (χ1) is 11.3. The van der Waals surface area contributed by atoms with Crippen molar-refractivity contribution < 1.29 is 14.3 Å². The Morgan fingerprint density at radius 2 is 1.67 bits per heavy atom. The van der Waals surface area contributed by atoms with Gasteiger partial charge in [-0.15, -0.1) is 12.4 Å². The van der Waals surface area contributed by atoms with Crippen molar-refractivity contribution in [2.75, 3.05) is 13.1 Å². The maximum atomic E-state index is 12.6. The number of fused-ring (bicyclic) bond motifs is 1. The molecule has 2 aliphatic rings. The van der Waals surface area contributed by atoms with Crippen LogP contribution in [0.2, 0.25) is 0 Å². The highest BCUT2D eigenvalue weighted by atomic mass is 35.5. The van der Waals surface area contributed by atoms with Crippen molar-refractivity contribution in [3.8, 4) is 5.88 Å². The number of carbonyl (C=O) groups is 2. The second kappa shape index (κ2) is 6.59. The number of nitrogens with one attached hydrogen (secondary N) is 1. The van der Waals surface area contributed by atoms with Gasteiger partial charge in [-0.05, 0) is 18.2 Å². The average Bonchev–Trinajstić information content (AvgIpc) is 3.12. The van der Waals surface area contributed by atoms with Gasteiger partial charge in [0.2, 0.25) is 5.88 Å². The van der Waals surface area contributed by atoms with Gasteiger partial charge in [0.05, 0.1) is 17.2 Å². The lowest BCUT2D eigenvalue weighted by Crippen LogP contribution is -2.48. The number of hydrogen-bond acceptors (Lipinski definition) is 5. The van der Waals surface area contributed by atoms with Crippen LogP contribution in [0.3, 0.4) is 0 Å². The van der Waals surface area contributed by atoms with Gasteiger partial charge in [-0.1, -0.05) is 18.2 Å². The Morgan fingerprint density at radius 3 is 2.29 bits per heavy atom. The first-order valence-electron chi connectivity index (χ1n) is 7.51. The van der Waals surface area contributed by atoms with E-state index in [0.29, 0.717) is 30.1 Å². The second-order valence-corrected chi connectivity index (χ2v) is 5.58. The van der Waals surface area contributed by atoms with E-state index in [-0.39, 0.29) is 36.4 Å². The zero-order valence-electron chi connectivity index (χ0n) is 12.7. The van der Waals surface area contributed by atoms with Crippen molar-refractivity contribution in [1.29, 1.82) is 0 Å². The minimum absolute atomic E-state index is 0. The number of pyridine rings is 1. The molecular formula is C17H16ClN3O3. The summed E-state index contributed by atoms with van der Waals surface area (Å²) >= 11 is 0. The quantitative estimate of drug-likeness (QED) is 0.854. The van der Waals surface area contributed by atoms with Crippen molar-refractivity contribution in [2.45, 2.75) is 12.1 Å². The van der Waals surface area contributed by atoms with Crippen molar-refractivity contribution >= 4 is 24.2 Å². The molecule has 1 aromatic heterocycles. The van der Waals surface area contributed by atoms with Crippen molar-refractivity contribution in [1.82, 2.24) is 15.2 Å². The molecule has 1 fully saturated rings. The van der Waals surface area contributed by atoms with E-state index < -0.39 is 0 Å². The van der Waals surface area contributed by atoms with Crippen LogP contribution in [-0.2, 0) is 0 Å². The highest BCUT2D eigenvalue weighted by Crippen LogP contribution is 2.27. The van der Waals surface area contributed by atoms with Crippen LogP contribution in [0.1, 0.15) is 20.7 Å². The lowest BCUT2D eigenvalue weighted by Gasteiger charge is -2.27. The molecule has 0 radical (unpaired) electrons. The summed E-state index contributed by atoms with van der Waals surface area (Å²) in [6.45, 7) is 1.08. The standard InChI is InChI=1S/C17H15N3O3.ClH/c21-16-11-5-1-2-6-12(11)17(22)20(16)13-9-18-10-14(13)23-15-7-3-4-8-19-15;/h1-8,13-14,18H,9-10H2;1H/t13-,14-;/m0./s1. The van der Waals surface area contributed by atoms with Gasteiger partial charge in [0, 0.05) is 25.4 Å². The van der Waals surface area contributed by atoms with Gasteiger partial charge < -0.3 is 10.1 Å². The molecule has 3 heterocycles. The molecule has 1 N–H and O–H groups in total. The zero-order chi connectivity index (χ0) is 15.8. The SMILES string of the molecule is Cl.O=C1c2ccccc2C(=O)N1[C@H]1CNC[C@@H]1Oc1ccccn1. The van der Waals surface area contributed by atoms with E-state index in [1.165, 1.54) is 4.90 Å². The molecule has 1 aromatic carbocycles. The Morgan fingerprint density at radius 1 is 1.00 bits per heavy atom. The van der Waals surface area contributed by atoms with E-state index in [1.54, 1.807) is 42.6 Å². The fraction of sp³-hybridized carbons (Fsp3) is 0.235. The summed E-state index contributed by atoms with van der Waals surface area (Å²) in [4.78, 5) is 30.7. The Labute approximate surface area is 145 Å².